The molecular formula is C12H14N2O. The Morgan fingerprint density at radius 1 is 1.33 bits per heavy atom. The number of anilines is 1. The van der Waals surface area contributed by atoms with E-state index in [1.807, 2.05) is 25.1 Å². The summed E-state index contributed by atoms with van der Waals surface area (Å²) < 4.78 is 0. The maximum atomic E-state index is 12.0. The fourth-order valence-electron chi connectivity index (χ4n) is 1.74. The van der Waals surface area contributed by atoms with E-state index in [0.29, 0.717) is 18.8 Å². The van der Waals surface area contributed by atoms with E-state index in [4.69, 9.17) is 5.73 Å². The third-order valence-electron chi connectivity index (χ3n) is 2.59. The molecule has 0 saturated carbocycles. The SMILES string of the molecule is Cc1cc(N)ccc1C(=O)N1CC=CC1. The average molecular weight is 202 g/mol. The first-order valence-electron chi connectivity index (χ1n) is 4.99. The number of hydrogen-bond acceptors (Lipinski definition) is 2. The standard InChI is InChI=1S/C12H14N2O/c1-9-8-10(13)4-5-11(9)12(15)14-6-2-3-7-14/h2-5,8H,6-7,13H2,1H3. The summed E-state index contributed by atoms with van der Waals surface area (Å²) in [4.78, 5) is 13.8. The molecule has 78 valence electrons. The number of aryl methyl sites for hydroxylation is 1. The van der Waals surface area contributed by atoms with E-state index in [9.17, 15) is 4.79 Å². The van der Waals surface area contributed by atoms with Gasteiger partial charge in [0.2, 0.25) is 0 Å². The van der Waals surface area contributed by atoms with E-state index in [1.165, 1.54) is 0 Å². The van der Waals surface area contributed by atoms with E-state index >= 15 is 0 Å². The Morgan fingerprint density at radius 2 is 2.00 bits per heavy atom. The minimum atomic E-state index is 0.0810. The molecule has 3 nitrogen and oxygen atoms in total. The molecule has 1 heterocycles. The molecule has 0 aromatic heterocycles. The molecule has 1 amide bonds. The second-order valence-electron chi connectivity index (χ2n) is 3.76. The average Bonchev–Trinajstić information content (AvgIpc) is 2.69. The smallest absolute Gasteiger partial charge is 0.254 e. The van der Waals surface area contributed by atoms with Crippen LogP contribution in [0.15, 0.2) is 30.4 Å². The molecule has 1 aromatic rings. The van der Waals surface area contributed by atoms with Crippen LogP contribution in [0.3, 0.4) is 0 Å². The lowest BCUT2D eigenvalue weighted by molar-refractivity contribution is 0.0799. The topological polar surface area (TPSA) is 46.3 Å². The van der Waals surface area contributed by atoms with E-state index < -0.39 is 0 Å². The first kappa shape index (κ1) is 9.77. The number of nitrogen functional groups attached to an aromatic ring is 1. The highest BCUT2D eigenvalue weighted by Crippen LogP contribution is 2.15. The third-order valence-corrected chi connectivity index (χ3v) is 2.59. The summed E-state index contributed by atoms with van der Waals surface area (Å²) in [5, 5.41) is 0. The molecular weight excluding hydrogens is 188 g/mol. The number of nitrogens with zero attached hydrogens (tertiary/aromatic N) is 1. The molecule has 0 aliphatic carbocycles. The van der Waals surface area contributed by atoms with E-state index in [0.717, 1.165) is 11.1 Å². The van der Waals surface area contributed by atoms with Crippen LogP contribution in [-0.2, 0) is 0 Å². The molecule has 2 N–H and O–H groups in total. The molecule has 15 heavy (non-hydrogen) atoms. The first-order valence-corrected chi connectivity index (χ1v) is 4.99. The molecule has 0 saturated heterocycles. The number of amides is 1. The largest absolute Gasteiger partial charge is 0.399 e. The Morgan fingerprint density at radius 3 is 2.60 bits per heavy atom. The lowest BCUT2D eigenvalue weighted by Gasteiger charge is -2.16. The van der Waals surface area contributed by atoms with Crippen molar-refractivity contribution in [3.05, 3.63) is 41.5 Å². The summed E-state index contributed by atoms with van der Waals surface area (Å²) in [7, 11) is 0. The fourth-order valence-corrected chi connectivity index (χ4v) is 1.74. The summed E-state index contributed by atoms with van der Waals surface area (Å²) in [6.07, 6.45) is 4.01. The van der Waals surface area contributed by atoms with Gasteiger partial charge in [0.1, 0.15) is 0 Å². The van der Waals surface area contributed by atoms with Gasteiger partial charge in [-0.05, 0) is 30.7 Å². The lowest BCUT2D eigenvalue weighted by Crippen LogP contribution is -2.28. The Bertz CT molecular complexity index is 416. The Balaban J connectivity index is 2.25. The highest BCUT2D eigenvalue weighted by atomic mass is 16.2. The minimum absolute atomic E-state index is 0.0810. The second-order valence-corrected chi connectivity index (χ2v) is 3.76. The van der Waals surface area contributed by atoms with Crippen molar-refractivity contribution >= 4 is 11.6 Å². The van der Waals surface area contributed by atoms with Crippen molar-refractivity contribution < 1.29 is 4.79 Å². The summed E-state index contributed by atoms with van der Waals surface area (Å²) in [6, 6.07) is 5.39. The monoisotopic (exact) mass is 202 g/mol. The molecule has 0 radical (unpaired) electrons. The van der Waals surface area contributed by atoms with Crippen LogP contribution in [0, 0.1) is 6.92 Å². The normalized spacial score (nSPS) is 14.6. The van der Waals surface area contributed by atoms with Gasteiger partial charge in [-0.1, -0.05) is 12.2 Å². The number of rotatable bonds is 1. The molecule has 1 aromatic carbocycles. The van der Waals surface area contributed by atoms with Gasteiger partial charge in [-0.25, -0.2) is 0 Å². The van der Waals surface area contributed by atoms with Gasteiger partial charge in [-0.15, -0.1) is 0 Å². The number of nitrogens with two attached hydrogens (primary N) is 1. The zero-order valence-electron chi connectivity index (χ0n) is 8.73. The maximum Gasteiger partial charge on any atom is 0.254 e. The Kier molecular flexibility index (Phi) is 2.46. The van der Waals surface area contributed by atoms with Crippen LogP contribution in [0.1, 0.15) is 15.9 Å². The molecule has 0 bridgehead atoms. The van der Waals surface area contributed by atoms with Crippen molar-refractivity contribution in [3.8, 4) is 0 Å². The van der Waals surface area contributed by atoms with Gasteiger partial charge < -0.3 is 10.6 Å². The van der Waals surface area contributed by atoms with Gasteiger partial charge in [0.25, 0.3) is 5.91 Å². The van der Waals surface area contributed by atoms with Crippen molar-refractivity contribution in [2.75, 3.05) is 18.8 Å². The van der Waals surface area contributed by atoms with E-state index in [1.54, 1.807) is 17.0 Å². The van der Waals surface area contributed by atoms with Crippen LogP contribution in [0.2, 0.25) is 0 Å². The second kappa shape index (κ2) is 3.77. The van der Waals surface area contributed by atoms with Crippen molar-refractivity contribution in [1.29, 1.82) is 0 Å². The fraction of sp³-hybridized carbons (Fsp3) is 0.250. The number of carbonyl (C=O) groups excluding carboxylic acids is 1. The Labute approximate surface area is 89.2 Å². The first-order chi connectivity index (χ1) is 7.18. The van der Waals surface area contributed by atoms with Crippen LogP contribution in [-0.4, -0.2) is 23.9 Å². The van der Waals surface area contributed by atoms with Gasteiger partial charge in [0.15, 0.2) is 0 Å². The van der Waals surface area contributed by atoms with E-state index in [-0.39, 0.29) is 5.91 Å². The highest BCUT2D eigenvalue weighted by molar-refractivity contribution is 5.96. The van der Waals surface area contributed by atoms with E-state index in [2.05, 4.69) is 0 Å². The molecule has 0 unspecified atom stereocenters. The van der Waals surface area contributed by atoms with Gasteiger partial charge in [-0.3, -0.25) is 4.79 Å². The van der Waals surface area contributed by atoms with Crippen LogP contribution in [0.25, 0.3) is 0 Å². The van der Waals surface area contributed by atoms with Gasteiger partial charge in [0.05, 0.1) is 0 Å². The molecule has 3 heteroatoms. The molecule has 2 rings (SSSR count). The van der Waals surface area contributed by atoms with Crippen molar-refractivity contribution in [2.45, 2.75) is 6.92 Å². The maximum absolute atomic E-state index is 12.0. The molecule has 0 atom stereocenters. The molecule has 0 spiro atoms. The molecule has 0 fully saturated rings. The number of hydrogen-bond donors (Lipinski definition) is 1. The molecule has 1 aliphatic rings. The number of benzene rings is 1. The Hall–Kier alpha value is -1.77. The van der Waals surface area contributed by atoms with Crippen LogP contribution < -0.4 is 5.73 Å². The summed E-state index contributed by atoms with van der Waals surface area (Å²) in [6.45, 7) is 3.33. The van der Waals surface area contributed by atoms with Crippen LogP contribution in [0.5, 0.6) is 0 Å². The summed E-state index contributed by atoms with van der Waals surface area (Å²) >= 11 is 0. The van der Waals surface area contributed by atoms with Gasteiger partial charge in [0, 0.05) is 24.3 Å². The highest BCUT2D eigenvalue weighted by Gasteiger charge is 2.17. The van der Waals surface area contributed by atoms with Crippen molar-refractivity contribution in [2.24, 2.45) is 0 Å². The molecule has 1 aliphatic heterocycles. The predicted molar refractivity (Wildman–Crippen MR) is 60.6 cm³/mol. The lowest BCUT2D eigenvalue weighted by atomic mass is 10.1. The zero-order valence-corrected chi connectivity index (χ0v) is 8.73. The summed E-state index contributed by atoms with van der Waals surface area (Å²) in [5.74, 6) is 0.0810. The summed E-state index contributed by atoms with van der Waals surface area (Å²) in [5.41, 5.74) is 8.02. The van der Waals surface area contributed by atoms with Crippen LogP contribution >= 0.6 is 0 Å². The third kappa shape index (κ3) is 1.86. The van der Waals surface area contributed by atoms with Crippen molar-refractivity contribution in [3.63, 3.8) is 0 Å². The van der Waals surface area contributed by atoms with Gasteiger partial charge >= 0.3 is 0 Å². The van der Waals surface area contributed by atoms with Crippen LogP contribution in [0.4, 0.5) is 5.69 Å². The minimum Gasteiger partial charge on any atom is -0.399 e. The zero-order chi connectivity index (χ0) is 10.8. The quantitative estimate of drug-likeness (QED) is 0.555. The van der Waals surface area contributed by atoms with Gasteiger partial charge in [-0.2, -0.15) is 0 Å². The number of carbonyl (C=O) groups is 1. The predicted octanol–water partition coefficient (Wildman–Crippen LogP) is 1.59. The van der Waals surface area contributed by atoms with Crippen molar-refractivity contribution in [1.82, 2.24) is 4.90 Å².